The molecule has 0 aliphatic carbocycles. The monoisotopic (exact) mass is 400 g/mol. The summed E-state index contributed by atoms with van der Waals surface area (Å²) in [5.74, 6) is 0.588. The largest absolute Gasteiger partial charge is 0.371 e. The van der Waals surface area contributed by atoms with Crippen LogP contribution >= 0.6 is 0 Å². The van der Waals surface area contributed by atoms with Crippen molar-refractivity contribution in [2.45, 2.75) is 12.8 Å². The van der Waals surface area contributed by atoms with Gasteiger partial charge in [-0.2, -0.15) is 15.0 Å². The fourth-order valence-corrected chi connectivity index (χ4v) is 3.59. The first-order chi connectivity index (χ1) is 14.7. The van der Waals surface area contributed by atoms with Crippen molar-refractivity contribution in [3.8, 4) is 11.9 Å². The fourth-order valence-electron chi connectivity index (χ4n) is 3.59. The van der Waals surface area contributed by atoms with Crippen molar-refractivity contribution in [2.75, 3.05) is 23.3 Å². The number of nitrogens with zero attached hydrogens (tertiary/aromatic N) is 5. The number of nitriles is 1. The van der Waals surface area contributed by atoms with Crippen LogP contribution in [0.1, 0.15) is 28.8 Å². The Morgan fingerprint density at radius 2 is 1.93 bits per heavy atom. The van der Waals surface area contributed by atoms with Crippen LogP contribution in [0.3, 0.4) is 0 Å². The van der Waals surface area contributed by atoms with Crippen LogP contribution in [0.15, 0.2) is 54.9 Å². The Morgan fingerprint density at radius 3 is 2.57 bits per heavy atom. The number of anilines is 2. The molecule has 0 saturated carbocycles. The third-order valence-corrected chi connectivity index (χ3v) is 5.26. The highest BCUT2D eigenvalue weighted by molar-refractivity contribution is 5.93. The maximum Gasteiger partial charge on any atom is 0.228 e. The minimum absolute atomic E-state index is 0.125. The van der Waals surface area contributed by atoms with Gasteiger partial charge in [0.05, 0.1) is 6.20 Å². The van der Waals surface area contributed by atoms with E-state index in [1.807, 2.05) is 18.2 Å². The Morgan fingerprint density at radius 1 is 1.17 bits per heavy atom. The van der Waals surface area contributed by atoms with Gasteiger partial charge in [0.1, 0.15) is 17.9 Å². The van der Waals surface area contributed by atoms with Gasteiger partial charge >= 0.3 is 0 Å². The van der Waals surface area contributed by atoms with E-state index in [0.717, 1.165) is 25.1 Å². The van der Waals surface area contributed by atoms with Crippen molar-refractivity contribution in [3.63, 3.8) is 0 Å². The average molecular weight is 400 g/mol. The second kappa shape index (κ2) is 8.57. The molecule has 4 rings (SSSR count). The molecule has 0 atom stereocenters. The van der Waals surface area contributed by atoms with Gasteiger partial charge in [0.2, 0.25) is 5.91 Å². The van der Waals surface area contributed by atoms with Gasteiger partial charge in [-0.3, -0.25) is 9.59 Å². The van der Waals surface area contributed by atoms with Gasteiger partial charge in [-0.1, -0.05) is 6.07 Å². The molecule has 0 unspecified atom stereocenters. The molecule has 1 amide bonds. The van der Waals surface area contributed by atoms with E-state index in [4.69, 9.17) is 0 Å². The molecule has 1 aliphatic heterocycles. The zero-order chi connectivity index (χ0) is 20.9. The van der Waals surface area contributed by atoms with Crippen molar-refractivity contribution in [1.29, 1.82) is 5.26 Å². The van der Waals surface area contributed by atoms with Gasteiger partial charge in [-0.05, 0) is 49.2 Å². The molecule has 3 heterocycles. The maximum atomic E-state index is 12.9. The van der Waals surface area contributed by atoms with Crippen molar-refractivity contribution in [1.82, 2.24) is 14.8 Å². The smallest absolute Gasteiger partial charge is 0.228 e. The summed E-state index contributed by atoms with van der Waals surface area (Å²) in [4.78, 5) is 30.2. The van der Waals surface area contributed by atoms with Crippen LogP contribution in [0.5, 0.6) is 0 Å². The Balaban J connectivity index is 1.44. The molecular formula is C22H20N6O2. The summed E-state index contributed by atoms with van der Waals surface area (Å²) in [7, 11) is 0. The molecule has 2 aromatic heterocycles. The molecule has 0 radical (unpaired) electrons. The summed E-state index contributed by atoms with van der Waals surface area (Å²) in [6.07, 6.45) is 5.27. The summed E-state index contributed by atoms with van der Waals surface area (Å²) in [6, 6.07) is 14.9. The highest BCUT2D eigenvalue weighted by atomic mass is 16.2. The van der Waals surface area contributed by atoms with Crippen molar-refractivity contribution in [2.24, 2.45) is 5.92 Å². The second-order valence-electron chi connectivity index (χ2n) is 7.08. The lowest BCUT2D eigenvalue weighted by molar-refractivity contribution is -0.120. The summed E-state index contributed by atoms with van der Waals surface area (Å²) in [5, 5.41) is 16.5. The minimum atomic E-state index is -0.158. The molecule has 150 valence electrons. The first-order valence-corrected chi connectivity index (χ1v) is 9.70. The van der Waals surface area contributed by atoms with Crippen LogP contribution in [-0.2, 0) is 4.79 Å². The lowest BCUT2D eigenvalue weighted by Crippen LogP contribution is -2.38. The summed E-state index contributed by atoms with van der Waals surface area (Å²) >= 11 is 0. The van der Waals surface area contributed by atoms with Crippen molar-refractivity contribution < 1.29 is 9.59 Å². The van der Waals surface area contributed by atoms with Gasteiger partial charge in [-0.25, -0.2) is 4.98 Å². The molecule has 1 aliphatic rings. The van der Waals surface area contributed by atoms with Gasteiger partial charge in [0.25, 0.3) is 0 Å². The van der Waals surface area contributed by atoms with Crippen LogP contribution in [0.25, 0.3) is 5.82 Å². The molecule has 8 nitrogen and oxygen atoms in total. The van der Waals surface area contributed by atoms with E-state index < -0.39 is 0 Å². The highest BCUT2D eigenvalue weighted by Gasteiger charge is 2.27. The summed E-state index contributed by atoms with van der Waals surface area (Å²) in [5.41, 5.74) is 1.98. The number of carbonyl (C=O) groups is 2. The third kappa shape index (κ3) is 3.91. The number of pyridine rings is 1. The topological polar surface area (TPSA) is 104 Å². The van der Waals surface area contributed by atoms with E-state index in [1.165, 1.54) is 10.9 Å². The number of amides is 1. The van der Waals surface area contributed by atoms with E-state index in [2.05, 4.69) is 26.4 Å². The van der Waals surface area contributed by atoms with Crippen LogP contribution < -0.4 is 10.2 Å². The van der Waals surface area contributed by atoms with Gasteiger partial charge in [0.15, 0.2) is 11.6 Å². The molecule has 8 heteroatoms. The molecule has 1 saturated heterocycles. The fraction of sp³-hybridized carbons (Fsp3) is 0.227. The third-order valence-electron chi connectivity index (χ3n) is 5.26. The van der Waals surface area contributed by atoms with E-state index in [1.54, 1.807) is 30.5 Å². The Labute approximate surface area is 173 Å². The highest BCUT2D eigenvalue weighted by Crippen LogP contribution is 2.26. The molecule has 1 fully saturated rings. The standard InChI is InChI=1S/C22H20N6O2/c23-13-18-14-25-28(20-3-1-2-10-24-20)21(18)26-22(30)17-8-11-27(12-9-17)19-6-4-16(15-29)5-7-19/h1-7,10,14-15,17H,8-9,11-12H2,(H,26,30). The molecule has 3 aromatic rings. The molecule has 1 N–H and O–H groups in total. The number of piperidine rings is 1. The summed E-state index contributed by atoms with van der Waals surface area (Å²) < 4.78 is 1.47. The van der Waals surface area contributed by atoms with Gasteiger partial charge < -0.3 is 10.2 Å². The van der Waals surface area contributed by atoms with Crippen LogP contribution in [0.4, 0.5) is 11.5 Å². The second-order valence-corrected chi connectivity index (χ2v) is 7.08. The van der Waals surface area contributed by atoms with E-state index >= 15 is 0 Å². The van der Waals surface area contributed by atoms with Crippen LogP contribution in [0, 0.1) is 17.2 Å². The van der Waals surface area contributed by atoms with Crippen LogP contribution in [0.2, 0.25) is 0 Å². The zero-order valence-corrected chi connectivity index (χ0v) is 16.2. The number of aromatic nitrogens is 3. The lowest BCUT2D eigenvalue weighted by atomic mass is 9.95. The molecule has 0 spiro atoms. The first-order valence-electron chi connectivity index (χ1n) is 9.70. The maximum absolute atomic E-state index is 12.9. The SMILES string of the molecule is N#Cc1cnn(-c2ccccn2)c1NC(=O)C1CCN(c2ccc(C=O)cc2)CC1. The van der Waals surface area contributed by atoms with Gasteiger partial charge in [0, 0.05) is 36.5 Å². The summed E-state index contributed by atoms with van der Waals surface area (Å²) in [6.45, 7) is 1.48. The predicted molar refractivity (Wildman–Crippen MR) is 111 cm³/mol. The number of hydrogen-bond donors (Lipinski definition) is 1. The quantitative estimate of drug-likeness (QED) is 0.661. The molecule has 30 heavy (non-hydrogen) atoms. The minimum Gasteiger partial charge on any atom is -0.371 e. The number of rotatable bonds is 5. The van der Waals surface area contributed by atoms with E-state index in [0.29, 0.717) is 35.6 Å². The number of carbonyl (C=O) groups excluding carboxylic acids is 2. The Kier molecular flexibility index (Phi) is 5.52. The number of benzene rings is 1. The van der Waals surface area contributed by atoms with E-state index in [9.17, 15) is 14.9 Å². The van der Waals surface area contributed by atoms with Crippen LogP contribution in [-0.4, -0.2) is 40.0 Å². The van der Waals surface area contributed by atoms with Gasteiger partial charge in [-0.15, -0.1) is 0 Å². The number of aldehydes is 1. The number of hydrogen-bond acceptors (Lipinski definition) is 6. The Hall–Kier alpha value is -3.99. The van der Waals surface area contributed by atoms with Crippen molar-refractivity contribution in [3.05, 3.63) is 66.0 Å². The lowest BCUT2D eigenvalue weighted by Gasteiger charge is -2.33. The molecule has 0 bridgehead atoms. The normalized spacial score (nSPS) is 14.2. The first kappa shape index (κ1) is 19.3. The van der Waals surface area contributed by atoms with Crippen molar-refractivity contribution >= 4 is 23.7 Å². The Bertz CT molecular complexity index is 1080. The van der Waals surface area contributed by atoms with E-state index in [-0.39, 0.29) is 11.8 Å². The molecular weight excluding hydrogens is 380 g/mol. The average Bonchev–Trinajstić information content (AvgIpc) is 3.22. The molecule has 1 aromatic carbocycles. The number of nitrogens with one attached hydrogen (secondary N) is 1. The zero-order valence-electron chi connectivity index (χ0n) is 16.2. The predicted octanol–water partition coefficient (Wildman–Crippen LogP) is 2.81.